The van der Waals surface area contributed by atoms with E-state index in [1.165, 1.54) is 0 Å². The van der Waals surface area contributed by atoms with Crippen LogP contribution in [0.1, 0.15) is 13.8 Å². The number of ether oxygens (including phenoxy) is 2. The number of aliphatic carboxylic acids is 1. The Bertz CT molecular complexity index is 196. The van der Waals surface area contributed by atoms with Crippen molar-refractivity contribution in [2.24, 2.45) is 0 Å². The number of aliphatic hydroxyl groups is 1. The average Bonchev–Trinajstić information content (AvgIpc) is 2.28. The van der Waals surface area contributed by atoms with Gasteiger partial charge in [0.1, 0.15) is 6.10 Å². The predicted molar refractivity (Wildman–Crippen MR) is 54.3 cm³/mol. The molecule has 8 heteroatoms. The molecular formula is C7H18CaO7. The van der Waals surface area contributed by atoms with Gasteiger partial charge in [-0.2, -0.15) is 0 Å². The Morgan fingerprint density at radius 1 is 1.47 bits per heavy atom. The summed E-state index contributed by atoms with van der Waals surface area (Å²) in [5, 5.41) is 17.5. The zero-order valence-electron chi connectivity index (χ0n) is 7.98. The summed E-state index contributed by atoms with van der Waals surface area (Å²) in [5.41, 5.74) is 0. The molecule has 15 heavy (non-hydrogen) atoms. The van der Waals surface area contributed by atoms with Gasteiger partial charge in [0.15, 0.2) is 11.9 Å². The van der Waals surface area contributed by atoms with Crippen LogP contribution in [0.25, 0.3) is 0 Å². The van der Waals surface area contributed by atoms with E-state index in [-0.39, 0.29) is 55.3 Å². The standard InChI is InChI=1S/C7H12O5.Ca.2H2O.2H/c1-7(2)11-3-4(12-7)5(8)6(9)10;;;;;/h4-5,8H,3H2,1-2H3,(H,9,10);;2*1H2;;/t4-,5+;;;;;/m0...../s1. The van der Waals surface area contributed by atoms with Crippen molar-refractivity contribution in [2.45, 2.75) is 31.8 Å². The normalized spacial score (nSPS) is 24.1. The molecule has 0 spiro atoms. The van der Waals surface area contributed by atoms with Crippen molar-refractivity contribution in [3.8, 4) is 0 Å². The van der Waals surface area contributed by atoms with Gasteiger partial charge < -0.3 is 30.6 Å². The Morgan fingerprint density at radius 2 is 1.93 bits per heavy atom. The minimum atomic E-state index is -1.51. The van der Waals surface area contributed by atoms with E-state index in [2.05, 4.69) is 0 Å². The van der Waals surface area contributed by atoms with Gasteiger partial charge in [-0.25, -0.2) is 4.79 Å². The molecule has 6 N–H and O–H groups in total. The van der Waals surface area contributed by atoms with Crippen molar-refractivity contribution in [3.63, 3.8) is 0 Å². The second kappa shape index (κ2) is 7.75. The van der Waals surface area contributed by atoms with Gasteiger partial charge in [0.2, 0.25) is 0 Å². The van der Waals surface area contributed by atoms with Crippen LogP contribution in [0.2, 0.25) is 0 Å². The Morgan fingerprint density at radius 3 is 2.20 bits per heavy atom. The second-order valence-corrected chi connectivity index (χ2v) is 3.15. The number of carboxylic acid groups (broad SMARTS) is 1. The topological polar surface area (TPSA) is 139 Å². The molecule has 0 bridgehead atoms. The van der Waals surface area contributed by atoms with Gasteiger partial charge in [-0.3, -0.25) is 0 Å². The van der Waals surface area contributed by atoms with Crippen LogP contribution in [0.4, 0.5) is 0 Å². The van der Waals surface area contributed by atoms with E-state index in [1.54, 1.807) is 13.8 Å². The third-order valence-electron chi connectivity index (χ3n) is 1.64. The van der Waals surface area contributed by atoms with Gasteiger partial charge >= 0.3 is 43.7 Å². The van der Waals surface area contributed by atoms with E-state index in [0.717, 1.165) is 0 Å². The van der Waals surface area contributed by atoms with E-state index in [9.17, 15) is 4.79 Å². The Labute approximate surface area is 117 Å². The van der Waals surface area contributed by atoms with Crippen molar-refractivity contribution >= 4 is 43.7 Å². The fourth-order valence-electron chi connectivity index (χ4n) is 1.03. The molecule has 1 fully saturated rings. The molecule has 1 aliphatic heterocycles. The van der Waals surface area contributed by atoms with E-state index < -0.39 is 24.0 Å². The SMILES string of the molecule is CC1(C)OC[C@@H]([C@@H](O)C(=O)O)O1.O.O.[CaH2]. The number of carboxylic acids is 1. The summed E-state index contributed by atoms with van der Waals surface area (Å²) < 4.78 is 10.2. The molecule has 1 rings (SSSR count). The van der Waals surface area contributed by atoms with Crippen molar-refractivity contribution in [1.82, 2.24) is 0 Å². The maximum atomic E-state index is 10.3. The summed E-state index contributed by atoms with van der Waals surface area (Å²) in [6, 6.07) is 0. The first-order chi connectivity index (χ1) is 5.42. The fourth-order valence-corrected chi connectivity index (χ4v) is 1.03. The van der Waals surface area contributed by atoms with Gasteiger partial charge in [0.25, 0.3) is 0 Å². The summed E-state index contributed by atoms with van der Waals surface area (Å²) >= 11 is 0. The maximum absolute atomic E-state index is 10.3. The van der Waals surface area contributed by atoms with Crippen LogP contribution in [0.5, 0.6) is 0 Å². The van der Waals surface area contributed by atoms with Gasteiger partial charge in [-0.15, -0.1) is 0 Å². The summed E-state index contributed by atoms with van der Waals surface area (Å²) in [7, 11) is 0. The Balaban J connectivity index is -0.000000480. The molecule has 90 valence electrons. The summed E-state index contributed by atoms with van der Waals surface area (Å²) in [6.07, 6.45) is -2.27. The van der Waals surface area contributed by atoms with Gasteiger partial charge in [-0.1, -0.05) is 0 Å². The molecule has 0 aromatic carbocycles. The molecule has 0 unspecified atom stereocenters. The van der Waals surface area contributed by atoms with Crippen LogP contribution < -0.4 is 0 Å². The number of hydrogen-bond donors (Lipinski definition) is 2. The second-order valence-electron chi connectivity index (χ2n) is 3.15. The molecule has 1 saturated heterocycles. The average molecular weight is 254 g/mol. The fraction of sp³-hybridized carbons (Fsp3) is 0.857. The third kappa shape index (κ3) is 5.98. The molecule has 0 amide bonds. The van der Waals surface area contributed by atoms with Crippen LogP contribution in [0.15, 0.2) is 0 Å². The molecule has 0 aromatic heterocycles. The number of carbonyl (C=O) groups is 1. The first-order valence-electron chi connectivity index (χ1n) is 3.65. The number of aliphatic hydroxyl groups excluding tert-OH is 1. The number of hydrogen-bond acceptors (Lipinski definition) is 4. The molecule has 0 saturated carbocycles. The van der Waals surface area contributed by atoms with Crippen molar-refractivity contribution in [1.29, 1.82) is 0 Å². The van der Waals surface area contributed by atoms with E-state index in [4.69, 9.17) is 19.7 Å². The molecule has 0 aromatic rings. The molecule has 7 nitrogen and oxygen atoms in total. The summed E-state index contributed by atoms with van der Waals surface area (Å²) in [6.45, 7) is 3.45. The van der Waals surface area contributed by atoms with Crippen LogP contribution >= 0.6 is 0 Å². The predicted octanol–water partition coefficient (Wildman–Crippen LogP) is -2.98. The first kappa shape index (κ1) is 20.9. The Kier molecular flexibility index (Phi) is 10.8. The van der Waals surface area contributed by atoms with Gasteiger partial charge in [-0.05, 0) is 13.8 Å². The van der Waals surface area contributed by atoms with E-state index in [1.807, 2.05) is 0 Å². The number of rotatable bonds is 2. The van der Waals surface area contributed by atoms with Crippen LogP contribution in [0.3, 0.4) is 0 Å². The van der Waals surface area contributed by atoms with Gasteiger partial charge in [0, 0.05) is 0 Å². The van der Waals surface area contributed by atoms with Crippen molar-refractivity contribution in [3.05, 3.63) is 0 Å². The van der Waals surface area contributed by atoms with Crippen LogP contribution in [0, 0.1) is 0 Å². The van der Waals surface area contributed by atoms with Crippen LogP contribution in [-0.2, 0) is 14.3 Å². The third-order valence-corrected chi connectivity index (χ3v) is 1.64. The summed E-state index contributed by atoms with van der Waals surface area (Å²) in [5.74, 6) is -2.08. The zero-order chi connectivity index (χ0) is 9.35. The molecule has 0 aliphatic carbocycles. The molecule has 2 atom stereocenters. The molecule has 0 radical (unpaired) electrons. The van der Waals surface area contributed by atoms with Gasteiger partial charge in [0.05, 0.1) is 6.61 Å². The van der Waals surface area contributed by atoms with Crippen molar-refractivity contribution in [2.75, 3.05) is 6.61 Å². The summed E-state index contributed by atoms with van der Waals surface area (Å²) in [4.78, 5) is 10.3. The molecule has 1 aliphatic rings. The first-order valence-corrected chi connectivity index (χ1v) is 3.65. The van der Waals surface area contributed by atoms with Crippen molar-refractivity contribution < 1.29 is 35.4 Å². The minimum absolute atomic E-state index is 0. The quantitative estimate of drug-likeness (QED) is 0.506. The van der Waals surface area contributed by atoms with Crippen LogP contribution in [-0.4, -0.2) is 89.5 Å². The zero-order valence-corrected chi connectivity index (χ0v) is 7.98. The monoisotopic (exact) mass is 254 g/mol. The molecule has 1 heterocycles. The molecular weight excluding hydrogens is 236 g/mol. The van der Waals surface area contributed by atoms with E-state index >= 15 is 0 Å². The van der Waals surface area contributed by atoms with E-state index in [0.29, 0.717) is 0 Å². The Hall–Kier alpha value is 0.530.